The zero-order chi connectivity index (χ0) is 20.3. The average Bonchev–Trinajstić information content (AvgIpc) is 2.72. The number of ether oxygens (including phenoxy) is 2. The Kier molecular flexibility index (Phi) is 6.27. The van der Waals surface area contributed by atoms with Gasteiger partial charge in [0.2, 0.25) is 0 Å². The average molecular weight is 403 g/mol. The van der Waals surface area contributed by atoms with E-state index in [1.54, 1.807) is 0 Å². The highest BCUT2D eigenvalue weighted by atomic mass is 35.5. The minimum atomic E-state index is -0.786. The molecule has 1 heterocycles. The van der Waals surface area contributed by atoms with E-state index in [2.05, 4.69) is 6.58 Å². The molecule has 0 unspecified atom stereocenters. The Hall–Kier alpha value is -2.50. The van der Waals surface area contributed by atoms with Crippen LogP contribution in [-0.2, 0) is 9.47 Å². The van der Waals surface area contributed by atoms with Gasteiger partial charge in [0, 0.05) is 23.8 Å². The van der Waals surface area contributed by atoms with Crippen LogP contribution in [0.15, 0.2) is 43.0 Å². The Morgan fingerprint density at radius 1 is 1.14 bits per heavy atom. The van der Waals surface area contributed by atoms with Gasteiger partial charge in [0.15, 0.2) is 5.78 Å². The molecule has 1 aliphatic rings. The maximum absolute atomic E-state index is 15.0. The number of rotatable bonds is 5. The standard InChI is InChI=1S/C22H20ClFO4/c1-13(14-7-9-28-10-8-14)16-11-18(22(26)27-2)20(19(24)12-16)21(25)15-3-5-17(23)6-4-15/h3-6,11-12,14H,1,7-10H2,2H3. The fraction of sp³-hybridized carbons (Fsp3) is 0.273. The summed E-state index contributed by atoms with van der Waals surface area (Å²) in [6.07, 6.45) is 1.55. The number of ketones is 1. The molecule has 2 aromatic carbocycles. The lowest BCUT2D eigenvalue weighted by Gasteiger charge is -2.24. The van der Waals surface area contributed by atoms with Crippen molar-refractivity contribution in [3.63, 3.8) is 0 Å². The van der Waals surface area contributed by atoms with Gasteiger partial charge in [-0.05, 0) is 66.3 Å². The van der Waals surface area contributed by atoms with Gasteiger partial charge in [-0.2, -0.15) is 0 Å². The molecule has 28 heavy (non-hydrogen) atoms. The normalized spacial score (nSPS) is 14.5. The molecule has 1 saturated heterocycles. The molecule has 1 fully saturated rings. The van der Waals surface area contributed by atoms with Gasteiger partial charge in [-0.25, -0.2) is 9.18 Å². The highest BCUT2D eigenvalue weighted by Crippen LogP contribution is 2.32. The van der Waals surface area contributed by atoms with Crippen molar-refractivity contribution in [3.05, 3.63) is 76.1 Å². The van der Waals surface area contributed by atoms with E-state index in [0.717, 1.165) is 18.4 Å². The van der Waals surface area contributed by atoms with Gasteiger partial charge in [-0.1, -0.05) is 18.2 Å². The fourth-order valence-electron chi connectivity index (χ4n) is 3.32. The molecule has 1 aliphatic heterocycles. The molecule has 0 aromatic heterocycles. The lowest BCUT2D eigenvalue weighted by Crippen LogP contribution is -2.18. The summed E-state index contributed by atoms with van der Waals surface area (Å²) in [6.45, 7) is 5.31. The van der Waals surface area contributed by atoms with Crippen LogP contribution in [0.5, 0.6) is 0 Å². The van der Waals surface area contributed by atoms with E-state index in [1.807, 2.05) is 0 Å². The van der Waals surface area contributed by atoms with Crippen molar-refractivity contribution in [2.24, 2.45) is 5.92 Å². The van der Waals surface area contributed by atoms with Crippen LogP contribution >= 0.6 is 11.6 Å². The van der Waals surface area contributed by atoms with Gasteiger partial charge in [-0.15, -0.1) is 0 Å². The number of esters is 1. The van der Waals surface area contributed by atoms with Gasteiger partial charge < -0.3 is 9.47 Å². The van der Waals surface area contributed by atoms with Crippen LogP contribution in [0.4, 0.5) is 4.39 Å². The molecule has 0 bridgehead atoms. The van der Waals surface area contributed by atoms with Gasteiger partial charge in [0.25, 0.3) is 0 Å². The van der Waals surface area contributed by atoms with Gasteiger partial charge in [0.1, 0.15) is 5.82 Å². The number of hydrogen-bond donors (Lipinski definition) is 0. The Morgan fingerprint density at radius 3 is 2.39 bits per heavy atom. The Bertz CT molecular complexity index is 915. The molecule has 0 amide bonds. The SMILES string of the molecule is C=C(c1cc(F)c(C(=O)c2ccc(Cl)cc2)c(C(=O)OC)c1)C1CCOCC1. The molecular formula is C22H20ClFO4. The van der Waals surface area contributed by atoms with E-state index in [9.17, 15) is 9.59 Å². The summed E-state index contributed by atoms with van der Waals surface area (Å²) >= 11 is 5.85. The summed E-state index contributed by atoms with van der Waals surface area (Å²) in [5, 5.41) is 0.452. The summed E-state index contributed by atoms with van der Waals surface area (Å²) in [5.74, 6) is -2.04. The monoisotopic (exact) mass is 402 g/mol. The molecule has 0 atom stereocenters. The van der Waals surface area contributed by atoms with E-state index in [1.165, 1.54) is 43.5 Å². The number of allylic oxidation sites excluding steroid dienone is 1. The first-order chi connectivity index (χ1) is 13.4. The van der Waals surface area contributed by atoms with Gasteiger partial charge >= 0.3 is 5.97 Å². The van der Waals surface area contributed by atoms with E-state index < -0.39 is 17.6 Å². The second-order valence-corrected chi connectivity index (χ2v) is 7.06. The van der Waals surface area contributed by atoms with Crippen molar-refractivity contribution >= 4 is 28.9 Å². The predicted molar refractivity (Wildman–Crippen MR) is 105 cm³/mol. The summed E-state index contributed by atoms with van der Waals surface area (Å²) in [6, 6.07) is 8.78. The zero-order valence-corrected chi connectivity index (χ0v) is 16.2. The largest absolute Gasteiger partial charge is 0.465 e. The van der Waals surface area contributed by atoms with Crippen LogP contribution in [0.25, 0.3) is 5.57 Å². The van der Waals surface area contributed by atoms with Crippen LogP contribution in [-0.4, -0.2) is 32.1 Å². The van der Waals surface area contributed by atoms with Crippen LogP contribution in [0.1, 0.15) is 44.7 Å². The second-order valence-electron chi connectivity index (χ2n) is 6.62. The molecule has 2 aromatic rings. The fourth-order valence-corrected chi connectivity index (χ4v) is 3.45. The van der Waals surface area contributed by atoms with Crippen LogP contribution in [0.3, 0.4) is 0 Å². The molecule has 0 spiro atoms. The van der Waals surface area contributed by atoms with Crippen molar-refractivity contribution in [2.75, 3.05) is 20.3 Å². The van der Waals surface area contributed by atoms with Crippen LogP contribution in [0.2, 0.25) is 5.02 Å². The van der Waals surface area contributed by atoms with Crippen molar-refractivity contribution in [1.82, 2.24) is 0 Å². The summed E-state index contributed by atoms with van der Waals surface area (Å²) in [4.78, 5) is 25.2. The van der Waals surface area contributed by atoms with E-state index in [0.29, 0.717) is 23.8 Å². The zero-order valence-electron chi connectivity index (χ0n) is 15.5. The van der Waals surface area contributed by atoms with E-state index >= 15 is 4.39 Å². The number of carbonyl (C=O) groups excluding carboxylic acids is 2. The molecule has 3 rings (SSSR count). The molecule has 0 radical (unpaired) electrons. The smallest absolute Gasteiger partial charge is 0.338 e. The highest BCUT2D eigenvalue weighted by molar-refractivity contribution is 6.30. The first-order valence-corrected chi connectivity index (χ1v) is 9.29. The molecule has 0 N–H and O–H groups in total. The molecule has 0 saturated carbocycles. The van der Waals surface area contributed by atoms with E-state index in [4.69, 9.17) is 21.1 Å². The Labute approximate surface area is 167 Å². The highest BCUT2D eigenvalue weighted by Gasteiger charge is 2.26. The Balaban J connectivity index is 2.04. The number of carbonyl (C=O) groups is 2. The predicted octanol–water partition coefficient (Wildman–Crippen LogP) is 4.94. The third kappa shape index (κ3) is 4.16. The van der Waals surface area contributed by atoms with Gasteiger partial charge in [-0.3, -0.25) is 4.79 Å². The third-order valence-electron chi connectivity index (χ3n) is 4.91. The van der Waals surface area contributed by atoms with Crippen molar-refractivity contribution in [3.8, 4) is 0 Å². The van der Waals surface area contributed by atoms with Crippen LogP contribution < -0.4 is 0 Å². The topological polar surface area (TPSA) is 52.6 Å². The first kappa shape index (κ1) is 20.2. The quantitative estimate of drug-likeness (QED) is 0.525. The van der Waals surface area contributed by atoms with E-state index in [-0.39, 0.29) is 22.6 Å². The van der Waals surface area contributed by atoms with Crippen LogP contribution in [0, 0.1) is 11.7 Å². The Morgan fingerprint density at radius 2 is 1.79 bits per heavy atom. The molecule has 146 valence electrons. The number of methoxy groups -OCH3 is 1. The maximum atomic E-state index is 15.0. The lowest BCUT2D eigenvalue weighted by atomic mass is 9.86. The summed E-state index contributed by atoms with van der Waals surface area (Å²) in [5.41, 5.74) is 0.989. The molecule has 0 aliphatic carbocycles. The van der Waals surface area contributed by atoms with Crippen molar-refractivity contribution < 1.29 is 23.5 Å². The molecular weight excluding hydrogens is 383 g/mol. The number of hydrogen-bond acceptors (Lipinski definition) is 4. The maximum Gasteiger partial charge on any atom is 0.338 e. The van der Waals surface area contributed by atoms with Crippen molar-refractivity contribution in [2.45, 2.75) is 12.8 Å². The number of halogens is 2. The summed E-state index contributed by atoms with van der Waals surface area (Å²) in [7, 11) is 1.19. The lowest BCUT2D eigenvalue weighted by molar-refractivity contribution is 0.0596. The molecule has 6 heteroatoms. The minimum Gasteiger partial charge on any atom is -0.465 e. The van der Waals surface area contributed by atoms with Crippen molar-refractivity contribution in [1.29, 1.82) is 0 Å². The van der Waals surface area contributed by atoms with Gasteiger partial charge in [0.05, 0.1) is 18.2 Å². The number of benzene rings is 2. The second kappa shape index (κ2) is 8.67. The third-order valence-corrected chi connectivity index (χ3v) is 5.17. The first-order valence-electron chi connectivity index (χ1n) is 8.91. The minimum absolute atomic E-state index is 0.120. The molecule has 4 nitrogen and oxygen atoms in total. The summed E-state index contributed by atoms with van der Waals surface area (Å²) < 4.78 is 25.2.